The number of esters is 2. The summed E-state index contributed by atoms with van der Waals surface area (Å²) in [6.07, 6.45) is 55.5. The van der Waals surface area contributed by atoms with E-state index in [0.29, 0.717) is 6.42 Å². The van der Waals surface area contributed by atoms with Gasteiger partial charge in [0.25, 0.3) is 0 Å². The van der Waals surface area contributed by atoms with Crippen molar-refractivity contribution in [3.05, 3.63) is 48.6 Å². The molecule has 0 fully saturated rings. The second-order valence-electron chi connectivity index (χ2n) is 16.1. The number of carbonyl (C=O) groups excluding carboxylic acids is 2. The lowest BCUT2D eigenvalue weighted by Crippen LogP contribution is -2.29. The van der Waals surface area contributed by atoms with E-state index in [1.807, 2.05) is 0 Å². The summed E-state index contributed by atoms with van der Waals surface area (Å²) in [4.78, 5) is 43.0. The van der Waals surface area contributed by atoms with Gasteiger partial charge in [0.2, 0.25) is 0 Å². The highest BCUT2D eigenvalue weighted by Crippen LogP contribution is 2.36. The Labute approximate surface area is 356 Å². The Kier molecular flexibility index (Phi) is 43.0. The molecule has 58 heavy (non-hydrogen) atoms. The molecule has 0 heterocycles. The van der Waals surface area contributed by atoms with Gasteiger partial charge in [0.1, 0.15) is 6.61 Å². The van der Waals surface area contributed by atoms with E-state index in [9.17, 15) is 14.2 Å². The number of rotatable bonds is 44. The minimum Gasteiger partial charge on any atom is -0.462 e. The van der Waals surface area contributed by atoms with Crippen molar-refractivity contribution in [2.45, 2.75) is 238 Å². The first-order valence-electron chi connectivity index (χ1n) is 23.9. The Bertz CT molecular complexity index is 1080. The average molecular weight is 837 g/mol. The summed E-state index contributed by atoms with van der Waals surface area (Å²) < 4.78 is 26.5. The zero-order valence-corrected chi connectivity index (χ0v) is 38.3. The quantitative estimate of drug-likeness (QED) is 0.0269. The highest BCUT2D eigenvalue weighted by Gasteiger charge is 2.22. The van der Waals surface area contributed by atoms with Gasteiger partial charge in [-0.2, -0.15) is 0 Å². The van der Waals surface area contributed by atoms with Crippen molar-refractivity contribution >= 4 is 19.8 Å². The number of allylic oxidation sites excluding steroid dienone is 8. The number of hydrogen-bond donors (Lipinski definition) is 2. The van der Waals surface area contributed by atoms with Gasteiger partial charge < -0.3 is 19.3 Å². The summed E-state index contributed by atoms with van der Waals surface area (Å²) in [6.45, 7) is 3.66. The second-order valence-corrected chi connectivity index (χ2v) is 17.3. The largest absolute Gasteiger partial charge is 0.469 e. The Hall–Kier alpha value is -1.99. The summed E-state index contributed by atoms with van der Waals surface area (Å²) in [5.41, 5.74) is 0. The highest BCUT2D eigenvalue weighted by molar-refractivity contribution is 7.46. The lowest BCUT2D eigenvalue weighted by atomic mass is 10.0. The second kappa shape index (κ2) is 44.6. The molecule has 338 valence electrons. The normalized spacial score (nSPS) is 12.8. The van der Waals surface area contributed by atoms with E-state index in [1.165, 1.54) is 141 Å². The molecule has 0 rings (SSSR count). The van der Waals surface area contributed by atoms with Gasteiger partial charge in [-0.05, 0) is 57.8 Å². The minimum atomic E-state index is -4.77. The van der Waals surface area contributed by atoms with Gasteiger partial charge in [0.05, 0.1) is 6.61 Å². The molecule has 0 aliphatic rings. The van der Waals surface area contributed by atoms with Crippen LogP contribution in [0, 0.1) is 0 Å². The van der Waals surface area contributed by atoms with E-state index in [4.69, 9.17) is 19.3 Å². The van der Waals surface area contributed by atoms with Crippen LogP contribution in [0.3, 0.4) is 0 Å². The molecule has 0 amide bonds. The van der Waals surface area contributed by atoms with Gasteiger partial charge in [-0.25, -0.2) is 4.57 Å². The summed E-state index contributed by atoms with van der Waals surface area (Å²) >= 11 is 0. The van der Waals surface area contributed by atoms with Gasteiger partial charge in [-0.15, -0.1) is 0 Å². The average Bonchev–Trinajstić information content (AvgIpc) is 3.20. The first-order chi connectivity index (χ1) is 28.3. The van der Waals surface area contributed by atoms with Gasteiger partial charge in [0.15, 0.2) is 6.10 Å². The maximum absolute atomic E-state index is 12.4. The number of hydrogen-bond acceptors (Lipinski definition) is 6. The van der Waals surface area contributed by atoms with Gasteiger partial charge >= 0.3 is 19.8 Å². The van der Waals surface area contributed by atoms with Crippen LogP contribution in [0.2, 0.25) is 0 Å². The van der Waals surface area contributed by atoms with Crippen LogP contribution < -0.4 is 0 Å². The molecule has 0 aliphatic carbocycles. The van der Waals surface area contributed by atoms with Crippen LogP contribution in [0.5, 0.6) is 0 Å². The zero-order valence-electron chi connectivity index (χ0n) is 37.4. The van der Waals surface area contributed by atoms with Crippen LogP contribution in [-0.4, -0.2) is 41.0 Å². The van der Waals surface area contributed by atoms with Gasteiger partial charge in [0, 0.05) is 12.8 Å². The van der Waals surface area contributed by atoms with Crippen LogP contribution >= 0.6 is 7.82 Å². The van der Waals surface area contributed by atoms with Crippen molar-refractivity contribution in [1.82, 2.24) is 0 Å². The number of unbranched alkanes of at least 4 members (excludes halogenated alkanes) is 26. The maximum atomic E-state index is 12.4. The van der Waals surface area contributed by atoms with Crippen molar-refractivity contribution in [2.75, 3.05) is 13.2 Å². The predicted octanol–water partition coefficient (Wildman–Crippen LogP) is 15.1. The Morgan fingerprint density at radius 3 is 1.19 bits per heavy atom. The van der Waals surface area contributed by atoms with Crippen LogP contribution in [0.15, 0.2) is 48.6 Å². The van der Waals surface area contributed by atoms with E-state index >= 15 is 0 Å². The van der Waals surface area contributed by atoms with Gasteiger partial charge in [-0.1, -0.05) is 210 Å². The van der Waals surface area contributed by atoms with Crippen LogP contribution in [0.25, 0.3) is 0 Å². The SMILES string of the molecule is CCCCC/C=C/C/C=C/C/C=C/C/C=C/CCCCCC(=O)O[C@H](COC(=O)CCCCCCCCCCCCCCCCCCCCCCC)COP(=O)(O)O. The van der Waals surface area contributed by atoms with Crippen LogP contribution in [0.1, 0.15) is 232 Å². The topological polar surface area (TPSA) is 119 Å². The molecule has 0 aromatic carbocycles. The van der Waals surface area contributed by atoms with Crippen molar-refractivity contribution in [2.24, 2.45) is 0 Å². The van der Waals surface area contributed by atoms with Crippen molar-refractivity contribution in [3.63, 3.8) is 0 Å². The van der Waals surface area contributed by atoms with Crippen molar-refractivity contribution in [1.29, 1.82) is 0 Å². The summed E-state index contributed by atoms with van der Waals surface area (Å²) in [5, 5.41) is 0. The number of phosphoric ester groups is 1. The molecule has 0 saturated heterocycles. The van der Waals surface area contributed by atoms with E-state index < -0.39 is 32.5 Å². The fourth-order valence-electron chi connectivity index (χ4n) is 6.77. The molecule has 0 aromatic heterocycles. The third-order valence-corrected chi connectivity index (χ3v) is 10.8. The third kappa shape index (κ3) is 46.7. The Balaban J connectivity index is 3.89. The molecular formula is C49H89O8P. The fourth-order valence-corrected chi connectivity index (χ4v) is 7.13. The molecule has 8 nitrogen and oxygen atoms in total. The number of carbonyl (C=O) groups is 2. The molecule has 0 bridgehead atoms. The molecule has 1 atom stereocenters. The standard InChI is InChI=1S/C49H89O8P/c1-3-5-7-9-11-13-15-17-19-21-23-24-26-27-29-31-33-35-37-39-41-43-48(50)55-45-47(46-56-58(52,53)54)57-49(51)44-42-40-38-36-34-32-30-28-25-22-20-18-16-14-12-10-8-6-4-2/h12,14,18,20,25,28,32,34,47H,3-11,13,15-17,19,21-24,26-27,29-31,33,35-46H2,1-2H3,(H2,52,53,54)/b14-12+,20-18+,28-25+,34-32+/t47-/m1/s1. The molecule has 0 unspecified atom stereocenters. The molecule has 2 N–H and O–H groups in total. The lowest BCUT2D eigenvalue weighted by molar-refractivity contribution is -0.161. The molecule has 0 spiro atoms. The Morgan fingerprint density at radius 2 is 0.776 bits per heavy atom. The first-order valence-corrected chi connectivity index (χ1v) is 25.5. The number of phosphoric acid groups is 1. The van der Waals surface area contributed by atoms with Crippen LogP contribution in [-0.2, 0) is 28.2 Å². The van der Waals surface area contributed by atoms with Gasteiger partial charge in [-0.3, -0.25) is 14.1 Å². The Morgan fingerprint density at radius 1 is 0.448 bits per heavy atom. The maximum Gasteiger partial charge on any atom is 0.469 e. The molecule has 0 aliphatic heterocycles. The molecule has 9 heteroatoms. The molecule has 0 aromatic rings. The highest BCUT2D eigenvalue weighted by atomic mass is 31.2. The summed E-state index contributed by atoms with van der Waals surface area (Å²) in [5.74, 6) is -0.913. The summed E-state index contributed by atoms with van der Waals surface area (Å²) in [7, 11) is -4.77. The van der Waals surface area contributed by atoms with E-state index in [1.54, 1.807) is 0 Å². The van der Waals surface area contributed by atoms with Crippen molar-refractivity contribution in [3.8, 4) is 0 Å². The first kappa shape index (κ1) is 56.0. The predicted molar refractivity (Wildman–Crippen MR) is 244 cm³/mol. The van der Waals surface area contributed by atoms with E-state index in [2.05, 4.69) is 67.0 Å². The third-order valence-electron chi connectivity index (χ3n) is 10.4. The molecular weight excluding hydrogens is 748 g/mol. The van der Waals surface area contributed by atoms with E-state index in [0.717, 1.165) is 57.8 Å². The lowest BCUT2D eigenvalue weighted by Gasteiger charge is -2.18. The monoisotopic (exact) mass is 837 g/mol. The van der Waals surface area contributed by atoms with E-state index in [-0.39, 0.29) is 19.4 Å². The van der Waals surface area contributed by atoms with Crippen molar-refractivity contribution < 1.29 is 37.9 Å². The molecule has 0 radical (unpaired) electrons. The fraction of sp³-hybridized carbons (Fsp3) is 0.796. The summed E-state index contributed by atoms with van der Waals surface area (Å²) in [6, 6.07) is 0. The minimum absolute atomic E-state index is 0.175. The van der Waals surface area contributed by atoms with Crippen LogP contribution in [0.4, 0.5) is 0 Å². The zero-order chi connectivity index (χ0) is 42.5. The smallest absolute Gasteiger partial charge is 0.462 e. The number of ether oxygens (including phenoxy) is 2. The molecule has 0 saturated carbocycles.